The van der Waals surface area contributed by atoms with E-state index in [9.17, 15) is 4.79 Å². The minimum absolute atomic E-state index is 0.350. The first-order valence-corrected chi connectivity index (χ1v) is 8.18. The van der Waals surface area contributed by atoms with Crippen LogP contribution in [0.4, 0.5) is 0 Å². The maximum absolute atomic E-state index is 12.8. The SMILES string of the molecule is O=C(C1CC2CC3CCC1C(C3)C2)N1CCOCC1. The molecule has 106 valence electrons. The highest BCUT2D eigenvalue weighted by molar-refractivity contribution is 5.79. The highest BCUT2D eigenvalue weighted by atomic mass is 16.5. The molecule has 0 spiro atoms. The number of nitrogens with zero attached hydrogens (tertiary/aromatic N) is 1. The van der Waals surface area contributed by atoms with Crippen LogP contribution in [-0.4, -0.2) is 37.1 Å². The standard InChI is InChI=1S/C16H25NO2/c18-16(17-3-5-19-6-4-17)15-10-12-7-11-1-2-14(15)13(8-11)9-12/h11-15H,1-10H2. The van der Waals surface area contributed by atoms with Crippen LogP contribution in [0.3, 0.4) is 0 Å². The molecule has 3 heteroatoms. The predicted octanol–water partition coefficient (Wildman–Crippen LogP) is 2.31. The lowest BCUT2D eigenvalue weighted by molar-refractivity contribution is -0.148. The van der Waals surface area contributed by atoms with Gasteiger partial charge >= 0.3 is 0 Å². The summed E-state index contributed by atoms with van der Waals surface area (Å²) >= 11 is 0. The third kappa shape index (κ3) is 2.10. The van der Waals surface area contributed by atoms with Crippen LogP contribution in [0.2, 0.25) is 0 Å². The first kappa shape index (κ1) is 12.2. The molecule has 5 atom stereocenters. The zero-order chi connectivity index (χ0) is 12.8. The molecule has 3 bridgehead atoms. The number of hydrogen-bond donors (Lipinski definition) is 0. The van der Waals surface area contributed by atoms with Gasteiger partial charge in [0.1, 0.15) is 0 Å². The topological polar surface area (TPSA) is 29.5 Å². The fraction of sp³-hybridized carbons (Fsp3) is 0.938. The van der Waals surface area contributed by atoms with Gasteiger partial charge in [-0.15, -0.1) is 0 Å². The Bertz CT molecular complexity index is 358. The number of amides is 1. The zero-order valence-corrected chi connectivity index (χ0v) is 11.7. The minimum atomic E-state index is 0.350. The largest absolute Gasteiger partial charge is 0.378 e. The number of morpholine rings is 1. The molecular formula is C16H25NO2. The Morgan fingerprint density at radius 3 is 2.58 bits per heavy atom. The van der Waals surface area contributed by atoms with Gasteiger partial charge in [-0.3, -0.25) is 4.79 Å². The molecule has 0 aromatic rings. The average molecular weight is 263 g/mol. The van der Waals surface area contributed by atoms with E-state index in [-0.39, 0.29) is 0 Å². The lowest BCUT2D eigenvalue weighted by Gasteiger charge is -2.52. The number of carbonyl (C=O) groups is 1. The first-order valence-electron chi connectivity index (χ1n) is 8.18. The van der Waals surface area contributed by atoms with Gasteiger partial charge in [0.25, 0.3) is 0 Å². The Kier molecular flexibility index (Phi) is 3.06. The molecule has 1 aliphatic heterocycles. The van der Waals surface area contributed by atoms with Gasteiger partial charge in [-0.1, -0.05) is 6.42 Å². The van der Waals surface area contributed by atoms with Gasteiger partial charge in [-0.05, 0) is 55.8 Å². The molecule has 1 heterocycles. The molecule has 4 rings (SSSR count). The Morgan fingerprint density at radius 2 is 1.74 bits per heavy atom. The summed E-state index contributed by atoms with van der Waals surface area (Å²) in [4.78, 5) is 14.9. The summed E-state index contributed by atoms with van der Waals surface area (Å²) in [6.45, 7) is 3.11. The van der Waals surface area contributed by atoms with Crippen molar-refractivity contribution in [2.75, 3.05) is 26.3 Å². The fourth-order valence-electron chi connectivity index (χ4n) is 5.42. The van der Waals surface area contributed by atoms with Crippen molar-refractivity contribution in [2.45, 2.75) is 38.5 Å². The molecular weight excluding hydrogens is 238 g/mol. The van der Waals surface area contributed by atoms with Crippen molar-refractivity contribution in [1.29, 1.82) is 0 Å². The van der Waals surface area contributed by atoms with Crippen molar-refractivity contribution in [2.24, 2.45) is 29.6 Å². The number of carbonyl (C=O) groups excluding carboxylic acids is 1. The summed E-state index contributed by atoms with van der Waals surface area (Å²) in [7, 11) is 0. The van der Waals surface area contributed by atoms with Crippen molar-refractivity contribution in [3.8, 4) is 0 Å². The molecule has 19 heavy (non-hydrogen) atoms. The normalized spacial score (nSPS) is 45.3. The predicted molar refractivity (Wildman–Crippen MR) is 72.6 cm³/mol. The smallest absolute Gasteiger partial charge is 0.226 e. The molecule has 0 radical (unpaired) electrons. The van der Waals surface area contributed by atoms with E-state index < -0.39 is 0 Å². The molecule has 4 fully saturated rings. The Balaban J connectivity index is 1.52. The van der Waals surface area contributed by atoms with E-state index in [4.69, 9.17) is 4.74 Å². The van der Waals surface area contributed by atoms with Crippen LogP contribution in [0.1, 0.15) is 38.5 Å². The number of hydrogen-bond acceptors (Lipinski definition) is 2. The fourth-order valence-corrected chi connectivity index (χ4v) is 5.42. The van der Waals surface area contributed by atoms with Gasteiger partial charge in [0, 0.05) is 19.0 Å². The Labute approximate surface area is 115 Å². The molecule has 1 amide bonds. The van der Waals surface area contributed by atoms with Crippen LogP contribution in [0.25, 0.3) is 0 Å². The second-order valence-corrected chi connectivity index (χ2v) is 7.22. The quantitative estimate of drug-likeness (QED) is 0.726. The monoisotopic (exact) mass is 263 g/mol. The summed E-state index contributed by atoms with van der Waals surface area (Å²) in [6, 6.07) is 0. The summed E-state index contributed by atoms with van der Waals surface area (Å²) in [6.07, 6.45) is 8.17. The van der Waals surface area contributed by atoms with Gasteiger partial charge in [0.2, 0.25) is 5.91 Å². The first-order chi connectivity index (χ1) is 9.31. The van der Waals surface area contributed by atoms with E-state index in [0.717, 1.165) is 44.1 Å². The van der Waals surface area contributed by atoms with Crippen molar-refractivity contribution >= 4 is 5.91 Å². The minimum Gasteiger partial charge on any atom is -0.378 e. The van der Waals surface area contributed by atoms with Crippen LogP contribution in [0.5, 0.6) is 0 Å². The summed E-state index contributed by atoms with van der Waals surface area (Å²) < 4.78 is 5.38. The highest BCUT2D eigenvalue weighted by Crippen LogP contribution is 2.54. The second kappa shape index (κ2) is 4.76. The Morgan fingerprint density at radius 1 is 0.947 bits per heavy atom. The van der Waals surface area contributed by atoms with Gasteiger partial charge in [0.05, 0.1) is 13.2 Å². The Hall–Kier alpha value is -0.570. The van der Waals surface area contributed by atoms with Crippen molar-refractivity contribution in [1.82, 2.24) is 4.90 Å². The van der Waals surface area contributed by atoms with Crippen molar-refractivity contribution in [3.63, 3.8) is 0 Å². The molecule has 3 nitrogen and oxygen atoms in total. The molecule has 0 aromatic heterocycles. The van der Waals surface area contributed by atoms with Crippen LogP contribution >= 0.6 is 0 Å². The zero-order valence-electron chi connectivity index (χ0n) is 11.7. The second-order valence-electron chi connectivity index (χ2n) is 7.22. The molecule has 3 saturated carbocycles. The van der Waals surface area contributed by atoms with E-state index in [1.54, 1.807) is 0 Å². The molecule has 4 aliphatic rings. The molecule has 1 saturated heterocycles. The maximum Gasteiger partial charge on any atom is 0.226 e. The third-order valence-corrected chi connectivity index (χ3v) is 6.20. The lowest BCUT2D eigenvalue weighted by atomic mass is 9.54. The molecule has 0 N–H and O–H groups in total. The number of rotatable bonds is 1. The maximum atomic E-state index is 12.8. The number of ether oxygens (including phenoxy) is 1. The van der Waals surface area contributed by atoms with Gasteiger partial charge in [-0.25, -0.2) is 0 Å². The molecule has 0 aromatic carbocycles. The van der Waals surface area contributed by atoms with Crippen molar-refractivity contribution < 1.29 is 9.53 Å². The number of fused-ring (bicyclic) bond motifs is 2. The summed E-state index contributed by atoms with van der Waals surface area (Å²) in [5.74, 6) is 4.26. The summed E-state index contributed by atoms with van der Waals surface area (Å²) in [5, 5.41) is 0. The van der Waals surface area contributed by atoms with E-state index in [1.165, 1.54) is 38.5 Å². The van der Waals surface area contributed by atoms with Gasteiger partial charge in [0.15, 0.2) is 0 Å². The van der Waals surface area contributed by atoms with Gasteiger partial charge in [-0.2, -0.15) is 0 Å². The van der Waals surface area contributed by atoms with E-state index in [0.29, 0.717) is 17.7 Å². The van der Waals surface area contributed by atoms with Gasteiger partial charge < -0.3 is 9.64 Å². The average Bonchev–Trinajstić information content (AvgIpc) is 2.45. The van der Waals surface area contributed by atoms with Crippen LogP contribution in [0, 0.1) is 29.6 Å². The highest BCUT2D eigenvalue weighted by Gasteiger charge is 2.48. The molecule has 5 unspecified atom stereocenters. The van der Waals surface area contributed by atoms with Crippen LogP contribution < -0.4 is 0 Å². The van der Waals surface area contributed by atoms with Crippen molar-refractivity contribution in [3.05, 3.63) is 0 Å². The van der Waals surface area contributed by atoms with Crippen LogP contribution in [0.15, 0.2) is 0 Å². The molecule has 3 aliphatic carbocycles. The third-order valence-electron chi connectivity index (χ3n) is 6.20. The van der Waals surface area contributed by atoms with E-state index >= 15 is 0 Å². The lowest BCUT2D eigenvalue weighted by Crippen LogP contribution is -2.51. The summed E-state index contributed by atoms with van der Waals surface area (Å²) in [5.41, 5.74) is 0. The van der Waals surface area contributed by atoms with E-state index in [2.05, 4.69) is 4.90 Å². The van der Waals surface area contributed by atoms with E-state index in [1.807, 2.05) is 0 Å². The van der Waals surface area contributed by atoms with Crippen LogP contribution in [-0.2, 0) is 9.53 Å².